The first-order chi connectivity index (χ1) is 10.9. The van der Waals surface area contributed by atoms with Crippen LogP contribution in [-0.2, 0) is 14.6 Å². The number of amides is 1. The molecule has 0 aromatic heterocycles. The Morgan fingerprint density at radius 2 is 2.04 bits per heavy atom. The topological polar surface area (TPSA) is 66.5 Å². The van der Waals surface area contributed by atoms with E-state index in [-0.39, 0.29) is 29.0 Å². The standard InChI is InChI=1S/C16H23ClN2O3S/c1-13(19-8-2-3-9-19)12-18-16(20)7-10-23(21,22)15-6-4-5-14(17)11-15/h4-6,11,13H,2-3,7-10,12H2,1H3,(H,18,20). The molecule has 2 rings (SSSR count). The van der Waals surface area contributed by atoms with Crippen LogP contribution in [0.15, 0.2) is 29.2 Å². The minimum Gasteiger partial charge on any atom is -0.355 e. The molecule has 128 valence electrons. The zero-order chi connectivity index (χ0) is 16.9. The van der Waals surface area contributed by atoms with Gasteiger partial charge in [-0.1, -0.05) is 17.7 Å². The van der Waals surface area contributed by atoms with E-state index in [0.717, 1.165) is 13.1 Å². The van der Waals surface area contributed by atoms with Gasteiger partial charge in [0.2, 0.25) is 5.91 Å². The van der Waals surface area contributed by atoms with E-state index < -0.39 is 9.84 Å². The van der Waals surface area contributed by atoms with Crippen molar-refractivity contribution >= 4 is 27.3 Å². The van der Waals surface area contributed by atoms with Crippen molar-refractivity contribution in [1.82, 2.24) is 10.2 Å². The van der Waals surface area contributed by atoms with E-state index >= 15 is 0 Å². The average Bonchev–Trinajstić information content (AvgIpc) is 3.05. The van der Waals surface area contributed by atoms with Crippen LogP contribution in [0.5, 0.6) is 0 Å². The van der Waals surface area contributed by atoms with Gasteiger partial charge < -0.3 is 5.32 Å². The molecule has 0 radical (unpaired) electrons. The fraction of sp³-hybridized carbons (Fsp3) is 0.562. The van der Waals surface area contributed by atoms with Gasteiger partial charge in [-0.15, -0.1) is 0 Å². The van der Waals surface area contributed by atoms with Crippen LogP contribution < -0.4 is 5.32 Å². The zero-order valence-electron chi connectivity index (χ0n) is 13.3. The number of rotatable bonds is 7. The summed E-state index contributed by atoms with van der Waals surface area (Å²) in [5.74, 6) is -0.446. The molecule has 1 heterocycles. The number of halogens is 1. The molecule has 0 bridgehead atoms. The summed E-state index contributed by atoms with van der Waals surface area (Å²) >= 11 is 5.81. The lowest BCUT2D eigenvalue weighted by molar-refractivity contribution is -0.120. The van der Waals surface area contributed by atoms with Crippen LogP contribution in [0.25, 0.3) is 0 Å². The first-order valence-corrected chi connectivity index (χ1v) is 9.90. The second-order valence-corrected chi connectivity index (χ2v) is 8.47. The highest BCUT2D eigenvalue weighted by Crippen LogP contribution is 2.17. The van der Waals surface area contributed by atoms with E-state index in [1.165, 1.54) is 25.0 Å². The number of hydrogen-bond acceptors (Lipinski definition) is 4. The smallest absolute Gasteiger partial charge is 0.221 e. The highest BCUT2D eigenvalue weighted by molar-refractivity contribution is 7.91. The van der Waals surface area contributed by atoms with Crippen LogP contribution in [0, 0.1) is 0 Å². The van der Waals surface area contributed by atoms with Crippen LogP contribution in [0.2, 0.25) is 5.02 Å². The van der Waals surface area contributed by atoms with Gasteiger partial charge in [0.05, 0.1) is 10.6 Å². The van der Waals surface area contributed by atoms with Gasteiger partial charge in [0.15, 0.2) is 9.84 Å². The van der Waals surface area contributed by atoms with Gasteiger partial charge >= 0.3 is 0 Å². The number of sulfone groups is 1. The second kappa shape index (κ2) is 8.13. The Labute approximate surface area is 142 Å². The minimum absolute atomic E-state index is 0.0401. The van der Waals surface area contributed by atoms with E-state index in [4.69, 9.17) is 11.6 Å². The number of carbonyl (C=O) groups excluding carboxylic acids is 1. The molecule has 1 N–H and O–H groups in total. The van der Waals surface area contributed by atoms with Crippen molar-refractivity contribution < 1.29 is 13.2 Å². The second-order valence-electron chi connectivity index (χ2n) is 5.92. The molecule has 23 heavy (non-hydrogen) atoms. The lowest BCUT2D eigenvalue weighted by Crippen LogP contribution is -2.41. The first-order valence-electron chi connectivity index (χ1n) is 7.87. The van der Waals surface area contributed by atoms with E-state index in [2.05, 4.69) is 17.1 Å². The lowest BCUT2D eigenvalue weighted by atomic mass is 10.3. The van der Waals surface area contributed by atoms with Crippen molar-refractivity contribution in [3.63, 3.8) is 0 Å². The van der Waals surface area contributed by atoms with Crippen molar-refractivity contribution in [3.8, 4) is 0 Å². The quantitative estimate of drug-likeness (QED) is 0.810. The van der Waals surface area contributed by atoms with E-state index in [9.17, 15) is 13.2 Å². The highest BCUT2D eigenvalue weighted by atomic mass is 35.5. The SMILES string of the molecule is CC(CNC(=O)CCS(=O)(=O)c1cccc(Cl)c1)N1CCCC1. The molecule has 1 atom stereocenters. The predicted octanol–water partition coefficient (Wildman–Crippen LogP) is 2.10. The molecular formula is C16H23ClN2O3S. The summed E-state index contributed by atoms with van der Waals surface area (Å²) in [6.07, 6.45) is 2.37. The molecule has 1 unspecified atom stereocenters. The molecule has 5 nitrogen and oxygen atoms in total. The summed E-state index contributed by atoms with van der Waals surface area (Å²) in [6.45, 7) is 4.77. The molecule has 0 aliphatic carbocycles. The van der Waals surface area contributed by atoms with Gasteiger partial charge in [-0.3, -0.25) is 9.69 Å². The number of likely N-dealkylation sites (tertiary alicyclic amines) is 1. The Kier molecular flexibility index (Phi) is 6.44. The molecule has 1 aromatic rings. The number of nitrogens with zero attached hydrogens (tertiary/aromatic N) is 1. The molecule has 0 saturated carbocycles. The predicted molar refractivity (Wildman–Crippen MR) is 91.4 cm³/mol. The van der Waals surface area contributed by atoms with Gasteiger partial charge in [0, 0.05) is 24.0 Å². The Morgan fingerprint density at radius 3 is 2.70 bits per heavy atom. The third-order valence-corrected chi connectivity index (χ3v) is 6.06. The molecule has 1 aliphatic rings. The van der Waals surface area contributed by atoms with Crippen LogP contribution in [-0.4, -0.2) is 50.7 Å². The zero-order valence-corrected chi connectivity index (χ0v) is 14.9. The largest absolute Gasteiger partial charge is 0.355 e. The van der Waals surface area contributed by atoms with E-state index in [0.29, 0.717) is 11.6 Å². The van der Waals surface area contributed by atoms with Crippen molar-refractivity contribution in [1.29, 1.82) is 0 Å². The Morgan fingerprint density at radius 1 is 1.35 bits per heavy atom. The normalized spacial score (nSPS) is 17.1. The number of nitrogens with one attached hydrogen (secondary N) is 1. The molecule has 0 spiro atoms. The average molecular weight is 359 g/mol. The third kappa shape index (κ3) is 5.48. The van der Waals surface area contributed by atoms with Crippen molar-refractivity contribution in [2.45, 2.75) is 37.1 Å². The third-order valence-electron chi connectivity index (χ3n) is 4.11. The maximum Gasteiger partial charge on any atom is 0.221 e. The van der Waals surface area contributed by atoms with Gasteiger partial charge in [-0.05, 0) is 51.1 Å². The summed E-state index contributed by atoms with van der Waals surface area (Å²) in [5.41, 5.74) is 0. The van der Waals surface area contributed by atoms with Crippen molar-refractivity contribution in [3.05, 3.63) is 29.3 Å². The van der Waals surface area contributed by atoms with Crippen LogP contribution in [0.3, 0.4) is 0 Å². The molecular weight excluding hydrogens is 336 g/mol. The molecule has 1 aromatic carbocycles. The fourth-order valence-electron chi connectivity index (χ4n) is 2.67. The monoisotopic (exact) mass is 358 g/mol. The Hall–Kier alpha value is -1.11. The summed E-state index contributed by atoms with van der Waals surface area (Å²) in [7, 11) is -3.49. The first kappa shape index (κ1) is 18.2. The van der Waals surface area contributed by atoms with Crippen LogP contribution >= 0.6 is 11.6 Å². The summed E-state index contributed by atoms with van der Waals surface area (Å²) in [5, 5.41) is 3.19. The molecule has 1 aliphatic heterocycles. The van der Waals surface area contributed by atoms with Crippen molar-refractivity contribution in [2.24, 2.45) is 0 Å². The summed E-state index contributed by atoms with van der Waals surface area (Å²) in [6, 6.07) is 6.39. The Bertz CT molecular complexity index is 642. The number of hydrogen-bond donors (Lipinski definition) is 1. The van der Waals surface area contributed by atoms with Crippen LogP contribution in [0.4, 0.5) is 0 Å². The Balaban J connectivity index is 1.79. The highest BCUT2D eigenvalue weighted by Gasteiger charge is 2.20. The summed E-state index contributed by atoms with van der Waals surface area (Å²) < 4.78 is 24.4. The fourth-order valence-corrected chi connectivity index (χ4v) is 4.20. The van der Waals surface area contributed by atoms with Gasteiger partial charge in [0.1, 0.15) is 0 Å². The number of carbonyl (C=O) groups is 1. The maximum atomic E-state index is 12.2. The van der Waals surface area contributed by atoms with Gasteiger partial charge in [0.25, 0.3) is 0 Å². The minimum atomic E-state index is -3.49. The van der Waals surface area contributed by atoms with Gasteiger partial charge in [-0.2, -0.15) is 0 Å². The number of benzene rings is 1. The van der Waals surface area contributed by atoms with Crippen LogP contribution in [0.1, 0.15) is 26.2 Å². The molecule has 1 fully saturated rings. The van der Waals surface area contributed by atoms with E-state index in [1.807, 2.05) is 0 Å². The maximum absolute atomic E-state index is 12.2. The van der Waals surface area contributed by atoms with Gasteiger partial charge in [-0.25, -0.2) is 8.42 Å². The summed E-state index contributed by atoms with van der Waals surface area (Å²) in [4.78, 5) is 14.4. The lowest BCUT2D eigenvalue weighted by Gasteiger charge is -2.23. The van der Waals surface area contributed by atoms with Crippen molar-refractivity contribution in [2.75, 3.05) is 25.4 Å². The van der Waals surface area contributed by atoms with E-state index in [1.54, 1.807) is 12.1 Å². The molecule has 1 saturated heterocycles. The molecule has 1 amide bonds. The molecule has 7 heteroatoms.